The number of aryl methyl sites for hydroxylation is 1. The molecule has 172 valence electrons. The SMILES string of the molecule is CC.CC(C)(C)c1ccc2cccnc2c1.CCC.Cc1ccc2cc(Br)c(N)nc2c1. The number of hydrogen-bond acceptors (Lipinski definition) is 3. The average molecular weight is 497 g/mol. The summed E-state index contributed by atoms with van der Waals surface area (Å²) < 4.78 is 0.851. The summed E-state index contributed by atoms with van der Waals surface area (Å²) in [4.78, 5) is 8.62. The van der Waals surface area contributed by atoms with Gasteiger partial charge in [0.2, 0.25) is 0 Å². The molecular formula is C28H38BrN3. The van der Waals surface area contributed by atoms with E-state index in [9.17, 15) is 0 Å². The van der Waals surface area contributed by atoms with Crippen LogP contribution >= 0.6 is 15.9 Å². The number of fused-ring (bicyclic) bond motifs is 2. The van der Waals surface area contributed by atoms with Crippen molar-refractivity contribution < 1.29 is 0 Å². The van der Waals surface area contributed by atoms with Gasteiger partial charge >= 0.3 is 0 Å². The lowest BCUT2D eigenvalue weighted by molar-refractivity contribution is 0.591. The lowest BCUT2D eigenvalue weighted by atomic mass is 9.86. The molecule has 32 heavy (non-hydrogen) atoms. The van der Waals surface area contributed by atoms with E-state index in [2.05, 4.69) is 90.8 Å². The first-order chi connectivity index (χ1) is 15.2. The van der Waals surface area contributed by atoms with Crippen LogP contribution in [0.4, 0.5) is 5.82 Å². The quantitative estimate of drug-likeness (QED) is 0.264. The molecule has 0 bridgehead atoms. The highest BCUT2D eigenvalue weighted by Crippen LogP contribution is 2.25. The Labute approximate surface area is 202 Å². The fourth-order valence-electron chi connectivity index (χ4n) is 2.80. The fourth-order valence-corrected chi connectivity index (χ4v) is 3.13. The van der Waals surface area contributed by atoms with Crippen molar-refractivity contribution in [3.05, 3.63) is 76.4 Å². The van der Waals surface area contributed by atoms with Gasteiger partial charge in [0, 0.05) is 17.0 Å². The second-order valence-corrected chi connectivity index (χ2v) is 9.27. The largest absolute Gasteiger partial charge is 0.383 e. The highest BCUT2D eigenvalue weighted by atomic mass is 79.9. The van der Waals surface area contributed by atoms with E-state index in [0.29, 0.717) is 5.82 Å². The van der Waals surface area contributed by atoms with Gasteiger partial charge in [-0.25, -0.2) is 4.98 Å². The number of benzene rings is 2. The van der Waals surface area contributed by atoms with Crippen molar-refractivity contribution in [3.63, 3.8) is 0 Å². The number of rotatable bonds is 0. The van der Waals surface area contributed by atoms with Gasteiger partial charge < -0.3 is 5.73 Å². The number of pyridine rings is 2. The lowest BCUT2D eigenvalue weighted by Crippen LogP contribution is -2.10. The van der Waals surface area contributed by atoms with Gasteiger partial charge in [0.05, 0.1) is 15.5 Å². The third-order valence-electron chi connectivity index (χ3n) is 4.43. The van der Waals surface area contributed by atoms with Crippen molar-refractivity contribution in [3.8, 4) is 0 Å². The van der Waals surface area contributed by atoms with E-state index < -0.39 is 0 Å². The molecule has 0 saturated carbocycles. The van der Waals surface area contributed by atoms with Crippen LogP contribution in [0.2, 0.25) is 0 Å². The van der Waals surface area contributed by atoms with Gasteiger partial charge in [-0.15, -0.1) is 0 Å². The van der Waals surface area contributed by atoms with E-state index in [1.54, 1.807) is 0 Å². The van der Waals surface area contributed by atoms with Gasteiger partial charge in [-0.05, 0) is 63.7 Å². The molecule has 2 aromatic heterocycles. The summed E-state index contributed by atoms with van der Waals surface area (Å²) in [6, 6.07) is 18.7. The van der Waals surface area contributed by atoms with Crippen molar-refractivity contribution in [1.82, 2.24) is 9.97 Å². The summed E-state index contributed by atoms with van der Waals surface area (Å²) in [7, 11) is 0. The van der Waals surface area contributed by atoms with E-state index in [1.165, 1.54) is 22.9 Å². The van der Waals surface area contributed by atoms with E-state index in [1.807, 2.05) is 51.2 Å². The van der Waals surface area contributed by atoms with Crippen LogP contribution in [-0.4, -0.2) is 9.97 Å². The van der Waals surface area contributed by atoms with Crippen LogP contribution in [0.25, 0.3) is 21.8 Å². The van der Waals surface area contributed by atoms with Crippen LogP contribution in [0.3, 0.4) is 0 Å². The highest BCUT2D eigenvalue weighted by molar-refractivity contribution is 9.10. The summed E-state index contributed by atoms with van der Waals surface area (Å²) in [5.74, 6) is 0.540. The molecule has 0 fully saturated rings. The lowest BCUT2D eigenvalue weighted by Gasteiger charge is -2.19. The highest BCUT2D eigenvalue weighted by Gasteiger charge is 2.13. The van der Waals surface area contributed by atoms with Crippen molar-refractivity contribution in [2.45, 2.75) is 67.2 Å². The predicted octanol–water partition coefficient (Wildman–Crippen LogP) is 8.86. The standard InChI is InChI=1S/C13H15N.C10H9BrN2.C3H8.C2H6/c1-13(2,3)11-7-6-10-5-4-8-14-12(10)9-11;1-6-2-3-7-5-8(11)10(12)13-9(7)4-6;1-3-2;1-2/h4-9H,1-3H3;2-5H,1H3,(H2,12,13);3H2,1-2H3;1-2H3. The molecule has 0 amide bonds. The van der Waals surface area contributed by atoms with Crippen LogP contribution in [0.1, 0.15) is 66.0 Å². The number of aromatic nitrogens is 2. The molecule has 0 unspecified atom stereocenters. The topological polar surface area (TPSA) is 51.8 Å². The molecule has 4 aromatic rings. The molecule has 0 aliphatic carbocycles. The maximum atomic E-state index is 5.68. The molecule has 0 atom stereocenters. The summed E-state index contributed by atoms with van der Waals surface area (Å²) >= 11 is 3.35. The molecular weight excluding hydrogens is 458 g/mol. The molecule has 4 heteroatoms. The second kappa shape index (κ2) is 13.2. The molecule has 0 aliphatic rings. The van der Waals surface area contributed by atoms with Gasteiger partial charge in [0.1, 0.15) is 5.82 Å². The van der Waals surface area contributed by atoms with Gasteiger partial charge in [-0.2, -0.15) is 0 Å². The molecule has 0 spiro atoms. The Morgan fingerprint density at radius 2 is 1.50 bits per heavy atom. The Balaban J connectivity index is 0.000000268. The second-order valence-electron chi connectivity index (χ2n) is 8.42. The molecule has 2 heterocycles. The zero-order valence-corrected chi connectivity index (χ0v) is 22.4. The third-order valence-corrected chi connectivity index (χ3v) is 5.06. The van der Waals surface area contributed by atoms with Gasteiger partial charge in [-0.3, -0.25) is 4.98 Å². The number of nitrogens with two attached hydrogens (primary N) is 1. The number of anilines is 1. The molecule has 2 N–H and O–H groups in total. The predicted molar refractivity (Wildman–Crippen MR) is 146 cm³/mol. The minimum absolute atomic E-state index is 0.200. The van der Waals surface area contributed by atoms with Crippen LogP contribution in [0.15, 0.2) is 65.3 Å². The molecule has 4 rings (SSSR count). The van der Waals surface area contributed by atoms with Crippen LogP contribution < -0.4 is 5.73 Å². The van der Waals surface area contributed by atoms with Crippen molar-refractivity contribution >= 4 is 43.6 Å². The number of nitrogens with zero attached hydrogens (tertiary/aromatic N) is 2. The molecule has 0 saturated heterocycles. The number of nitrogen functional groups attached to an aromatic ring is 1. The summed E-state index contributed by atoms with van der Waals surface area (Å²) in [6.07, 6.45) is 3.09. The van der Waals surface area contributed by atoms with E-state index >= 15 is 0 Å². The smallest absolute Gasteiger partial charge is 0.138 e. The third kappa shape index (κ3) is 8.23. The summed E-state index contributed by atoms with van der Waals surface area (Å²) in [6.45, 7) is 16.9. The fraction of sp³-hybridized carbons (Fsp3) is 0.357. The Bertz CT molecular complexity index is 1110. The Kier molecular flexibility index (Phi) is 11.3. The van der Waals surface area contributed by atoms with E-state index in [-0.39, 0.29) is 5.41 Å². The maximum Gasteiger partial charge on any atom is 0.138 e. The van der Waals surface area contributed by atoms with E-state index in [0.717, 1.165) is 20.9 Å². The zero-order valence-electron chi connectivity index (χ0n) is 20.8. The monoisotopic (exact) mass is 495 g/mol. The van der Waals surface area contributed by atoms with Gasteiger partial charge in [-0.1, -0.05) is 85.2 Å². The minimum Gasteiger partial charge on any atom is -0.383 e. The van der Waals surface area contributed by atoms with Gasteiger partial charge in [0.15, 0.2) is 0 Å². The normalized spacial score (nSPS) is 10.3. The number of hydrogen-bond donors (Lipinski definition) is 1. The van der Waals surface area contributed by atoms with Crippen molar-refractivity contribution in [2.75, 3.05) is 5.73 Å². The molecule has 3 nitrogen and oxygen atoms in total. The first-order valence-electron chi connectivity index (χ1n) is 11.3. The zero-order chi connectivity index (χ0) is 24.3. The summed E-state index contributed by atoms with van der Waals surface area (Å²) in [5.41, 5.74) is 10.4. The van der Waals surface area contributed by atoms with Crippen LogP contribution in [0, 0.1) is 6.92 Å². The maximum absolute atomic E-state index is 5.68. The first kappa shape index (κ1) is 27.6. The first-order valence-corrected chi connectivity index (χ1v) is 12.1. The minimum atomic E-state index is 0.200. The molecule has 0 aliphatic heterocycles. The van der Waals surface area contributed by atoms with Crippen molar-refractivity contribution in [1.29, 1.82) is 0 Å². The average Bonchev–Trinajstić information content (AvgIpc) is 2.76. The Morgan fingerprint density at radius 1 is 0.875 bits per heavy atom. The molecule has 0 radical (unpaired) electrons. The van der Waals surface area contributed by atoms with Crippen LogP contribution in [-0.2, 0) is 5.41 Å². The molecule has 2 aromatic carbocycles. The van der Waals surface area contributed by atoms with Crippen molar-refractivity contribution in [2.24, 2.45) is 0 Å². The van der Waals surface area contributed by atoms with Gasteiger partial charge in [0.25, 0.3) is 0 Å². The summed E-state index contributed by atoms with van der Waals surface area (Å²) in [5, 5.41) is 2.31. The van der Waals surface area contributed by atoms with Crippen LogP contribution in [0.5, 0.6) is 0 Å². The Morgan fingerprint density at radius 3 is 2.12 bits per heavy atom. The Hall–Kier alpha value is -2.46. The number of halogens is 1. The van der Waals surface area contributed by atoms with E-state index in [4.69, 9.17) is 5.73 Å².